The van der Waals surface area contributed by atoms with E-state index in [0.717, 1.165) is 0 Å². The van der Waals surface area contributed by atoms with E-state index >= 15 is 0 Å². The van der Waals surface area contributed by atoms with E-state index in [1.807, 2.05) is 0 Å². The van der Waals surface area contributed by atoms with Gasteiger partial charge in [-0.05, 0) is 12.1 Å². The molecule has 8 nitrogen and oxygen atoms in total. The van der Waals surface area contributed by atoms with Crippen LogP contribution >= 0.6 is 0 Å². The number of aliphatic hydroxyl groups is 1. The number of aryl methyl sites for hydroxylation is 1. The Morgan fingerprint density at radius 3 is 3.04 bits per heavy atom. The summed E-state index contributed by atoms with van der Waals surface area (Å²) >= 11 is 0. The Bertz CT molecular complexity index is 793. The summed E-state index contributed by atoms with van der Waals surface area (Å²) in [5, 5.41) is 20.3. The lowest BCUT2D eigenvalue weighted by molar-refractivity contribution is -0.0173. The fourth-order valence-electron chi connectivity index (χ4n) is 2.71. The molecule has 1 aliphatic heterocycles. The molecule has 0 aliphatic carbocycles. The third-order valence-corrected chi connectivity index (χ3v) is 3.99. The van der Waals surface area contributed by atoms with Crippen molar-refractivity contribution in [2.24, 2.45) is 12.0 Å². The molecule has 0 radical (unpaired) electrons. The summed E-state index contributed by atoms with van der Waals surface area (Å²) in [7, 11) is 3.41. The molecule has 0 fully saturated rings. The van der Waals surface area contributed by atoms with Crippen molar-refractivity contribution < 1.29 is 19.0 Å². The summed E-state index contributed by atoms with van der Waals surface area (Å²) in [4.78, 5) is 4.11. The maximum Gasteiger partial charge on any atom is 0.191 e. The number of halogens is 1. The summed E-state index contributed by atoms with van der Waals surface area (Å²) < 4.78 is 26.1. The molecule has 3 N–H and O–H groups in total. The van der Waals surface area contributed by atoms with Crippen molar-refractivity contribution in [3.63, 3.8) is 0 Å². The van der Waals surface area contributed by atoms with Gasteiger partial charge in [-0.3, -0.25) is 9.67 Å². The Labute approximate surface area is 150 Å². The number of rotatable bonds is 5. The number of nitrogens with one attached hydrogen (secondary N) is 2. The van der Waals surface area contributed by atoms with Gasteiger partial charge in [-0.1, -0.05) is 0 Å². The lowest BCUT2D eigenvalue weighted by Gasteiger charge is -2.21. The van der Waals surface area contributed by atoms with Gasteiger partial charge in [0.25, 0.3) is 0 Å². The van der Waals surface area contributed by atoms with Crippen LogP contribution in [0.3, 0.4) is 0 Å². The zero-order chi connectivity index (χ0) is 18.5. The molecule has 1 unspecified atom stereocenters. The normalized spacial score (nSPS) is 15.2. The molecule has 0 bridgehead atoms. The van der Waals surface area contributed by atoms with Crippen LogP contribution in [-0.4, -0.2) is 41.2 Å². The summed E-state index contributed by atoms with van der Waals surface area (Å²) in [6.07, 6.45) is 2.65. The third-order valence-electron chi connectivity index (χ3n) is 3.99. The van der Waals surface area contributed by atoms with Crippen LogP contribution in [0.5, 0.6) is 5.75 Å². The molecule has 2 heterocycles. The van der Waals surface area contributed by atoms with Gasteiger partial charge in [-0.2, -0.15) is 5.10 Å². The smallest absolute Gasteiger partial charge is 0.191 e. The third kappa shape index (κ3) is 4.30. The summed E-state index contributed by atoms with van der Waals surface area (Å²) in [5.74, 6) is 0.776. The molecule has 1 aliphatic rings. The number of aromatic nitrogens is 2. The molecule has 1 aromatic heterocycles. The van der Waals surface area contributed by atoms with Crippen LogP contribution in [0.15, 0.2) is 29.5 Å². The predicted molar refractivity (Wildman–Crippen MR) is 93.1 cm³/mol. The Morgan fingerprint density at radius 1 is 1.46 bits per heavy atom. The average molecular weight is 363 g/mol. The second-order valence-corrected chi connectivity index (χ2v) is 5.93. The first-order chi connectivity index (χ1) is 12.6. The number of benzene rings is 1. The van der Waals surface area contributed by atoms with Gasteiger partial charge in [0.1, 0.15) is 11.6 Å². The number of aliphatic imine (C=N–C) groups is 1. The van der Waals surface area contributed by atoms with E-state index in [2.05, 4.69) is 20.7 Å². The number of guanidine groups is 1. The summed E-state index contributed by atoms with van der Waals surface area (Å²) in [5.41, 5.74) is 2.07. The van der Waals surface area contributed by atoms with E-state index in [1.54, 1.807) is 31.2 Å². The Balaban J connectivity index is 1.59. The lowest BCUT2D eigenvalue weighted by atomic mass is 10.1. The number of nitrogens with zero attached hydrogens (tertiary/aromatic N) is 3. The number of ether oxygens (including phenoxy) is 2. The van der Waals surface area contributed by atoms with Gasteiger partial charge in [0.15, 0.2) is 12.8 Å². The summed E-state index contributed by atoms with van der Waals surface area (Å²) in [6, 6.07) is 2.84. The van der Waals surface area contributed by atoms with Crippen LogP contribution in [0.4, 0.5) is 4.39 Å². The fourth-order valence-corrected chi connectivity index (χ4v) is 2.71. The standard InChI is InChI=1S/C17H22FN5O3/c1-19-17(21-7-15(24)13-6-22-23(2)8-13)20-5-11-3-14(18)4-12-9-25-10-26-16(11)12/h3-4,6,8,15,24H,5,7,9-10H2,1-2H3,(H2,19,20,21). The van der Waals surface area contributed by atoms with Gasteiger partial charge in [0.05, 0.1) is 18.9 Å². The van der Waals surface area contributed by atoms with Gasteiger partial charge >= 0.3 is 0 Å². The first kappa shape index (κ1) is 18.2. The van der Waals surface area contributed by atoms with E-state index in [4.69, 9.17) is 9.47 Å². The Morgan fingerprint density at radius 2 is 2.31 bits per heavy atom. The Hall–Kier alpha value is -2.65. The monoisotopic (exact) mass is 363 g/mol. The zero-order valence-electron chi connectivity index (χ0n) is 14.7. The largest absolute Gasteiger partial charge is 0.467 e. The van der Waals surface area contributed by atoms with Crippen LogP contribution in [0.2, 0.25) is 0 Å². The molecule has 0 saturated heterocycles. The van der Waals surface area contributed by atoms with Gasteiger partial charge in [-0.15, -0.1) is 0 Å². The van der Waals surface area contributed by atoms with Crippen molar-refractivity contribution in [2.45, 2.75) is 19.3 Å². The van der Waals surface area contributed by atoms with Crippen LogP contribution < -0.4 is 15.4 Å². The van der Waals surface area contributed by atoms with E-state index in [9.17, 15) is 9.50 Å². The minimum absolute atomic E-state index is 0.149. The van der Waals surface area contributed by atoms with Gasteiger partial charge < -0.3 is 25.2 Å². The van der Waals surface area contributed by atoms with Crippen LogP contribution in [0.1, 0.15) is 22.8 Å². The molecule has 0 saturated carbocycles. The molecule has 1 aromatic carbocycles. The molecular formula is C17H22FN5O3. The topological polar surface area (TPSA) is 92.9 Å². The van der Waals surface area contributed by atoms with Crippen LogP contribution in [0.25, 0.3) is 0 Å². The van der Waals surface area contributed by atoms with E-state index in [-0.39, 0.29) is 19.2 Å². The quantitative estimate of drug-likeness (QED) is 0.538. The highest BCUT2D eigenvalue weighted by Crippen LogP contribution is 2.29. The van der Waals surface area contributed by atoms with Crippen molar-refractivity contribution in [3.8, 4) is 5.75 Å². The zero-order valence-corrected chi connectivity index (χ0v) is 14.7. The van der Waals surface area contributed by atoms with Gasteiger partial charge in [0.2, 0.25) is 0 Å². The van der Waals surface area contributed by atoms with E-state index in [1.165, 1.54) is 12.1 Å². The minimum atomic E-state index is -0.718. The number of hydrogen-bond acceptors (Lipinski definition) is 5. The van der Waals surface area contributed by atoms with Gasteiger partial charge in [-0.25, -0.2) is 4.39 Å². The maximum absolute atomic E-state index is 13.8. The molecule has 3 rings (SSSR count). The van der Waals surface area contributed by atoms with Crippen molar-refractivity contribution in [3.05, 3.63) is 47.0 Å². The number of fused-ring (bicyclic) bond motifs is 1. The van der Waals surface area contributed by atoms with Gasteiger partial charge in [0, 0.05) is 50.1 Å². The molecule has 1 atom stereocenters. The second kappa shape index (κ2) is 8.15. The molecule has 9 heteroatoms. The molecule has 0 amide bonds. The van der Waals surface area contributed by atoms with E-state index in [0.29, 0.717) is 41.6 Å². The Kier molecular flexibility index (Phi) is 5.69. The highest BCUT2D eigenvalue weighted by molar-refractivity contribution is 5.79. The fraction of sp³-hybridized carbons (Fsp3) is 0.412. The van der Waals surface area contributed by atoms with E-state index < -0.39 is 6.10 Å². The molecule has 0 spiro atoms. The maximum atomic E-state index is 13.8. The summed E-state index contributed by atoms with van der Waals surface area (Å²) in [6.45, 7) is 1.06. The number of aliphatic hydroxyl groups excluding tert-OH is 1. The molecule has 2 aromatic rings. The number of hydrogen-bond donors (Lipinski definition) is 3. The predicted octanol–water partition coefficient (Wildman–Crippen LogP) is 0.824. The minimum Gasteiger partial charge on any atom is -0.467 e. The molecule has 140 valence electrons. The van der Waals surface area contributed by atoms with Crippen LogP contribution in [-0.2, 0) is 24.9 Å². The first-order valence-electron chi connectivity index (χ1n) is 8.19. The molecule has 26 heavy (non-hydrogen) atoms. The van der Waals surface area contributed by atoms with Crippen LogP contribution in [0, 0.1) is 5.82 Å². The average Bonchev–Trinajstić information content (AvgIpc) is 3.07. The van der Waals surface area contributed by atoms with Crippen molar-refractivity contribution in [2.75, 3.05) is 20.4 Å². The highest BCUT2D eigenvalue weighted by Gasteiger charge is 2.17. The highest BCUT2D eigenvalue weighted by atomic mass is 19.1. The van der Waals surface area contributed by atoms with Crippen molar-refractivity contribution >= 4 is 5.96 Å². The first-order valence-corrected chi connectivity index (χ1v) is 8.19. The lowest BCUT2D eigenvalue weighted by Crippen LogP contribution is -2.39. The second-order valence-electron chi connectivity index (χ2n) is 5.93. The SMILES string of the molecule is CN=C(NCc1cc(F)cc2c1OCOC2)NCC(O)c1cnn(C)c1. The molecular weight excluding hydrogens is 341 g/mol. The van der Waals surface area contributed by atoms with Crippen molar-refractivity contribution in [1.82, 2.24) is 20.4 Å². The van der Waals surface area contributed by atoms with Crippen molar-refractivity contribution in [1.29, 1.82) is 0 Å².